The van der Waals surface area contributed by atoms with Gasteiger partial charge >= 0.3 is 0 Å². The maximum Gasteiger partial charge on any atom is 0.254 e. The van der Waals surface area contributed by atoms with Crippen LogP contribution in [0.3, 0.4) is 0 Å². The van der Waals surface area contributed by atoms with E-state index in [1.54, 1.807) is 17.9 Å². The first-order valence-corrected chi connectivity index (χ1v) is 6.30. The summed E-state index contributed by atoms with van der Waals surface area (Å²) in [6.07, 6.45) is 2.30. The van der Waals surface area contributed by atoms with Gasteiger partial charge in [0.05, 0.1) is 17.3 Å². The normalized spacial score (nSPS) is 12.2. The monoisotopic (exact) mass is 277 g/mol. The number of nitrogens with one attached hydrogen (secondary N) is 1. The molecule has 1 unspecified atom stereocenters. The summed E-state index contributed by atoms with van der Waals surface area (Å²) >= 11 is 0. The molecule has 0 aliphatic rings. The van der Waals surface area contributed by atoms with Gasteiger partial charge in [-0.25, -0.2) is 4.39 Å². The van der Waals surface area contributed by atoms with Crippen molar-refractivity contribution in [2.75, 3.05) is 0 Å². The van der Waals surface area contributed by atoms with Crippen molar-refractivity contribution >= 4 is 5.91 Å². The fraction of sp³-hybridized carbons (Fsp3) is 0.286. The van der Waals surface area contributed by atoms with Gasteiger partial charge < -0.3 is 10.4 Å². The van der Waals surface area contributed by atoms with Gasteiger partial charge in [0.25, 0.3) is 5.91 Å². The Labute approximate surface area is 116 Å². The van der Waals surface area contributed by atoms with E-state index >= 15 is 0 Å². The molecule has 1 amide bonds. The van der Waals surface area contributed by atoms with Gasteiger partial charge in [0.1, 0.15) is 11.6 Å². The molecule has 0 fully saturated rings. The van der Waals surface area contributed by atoms with Crippen LogP contribution in [0.5, 0.6) is 5.75 Å². The first-order chi connectivity index (χ1) is 9.52. The number of halogens is 1. The molecule has 0 saturated heterocycles. The molecular weight excluding hydrogens is 261 g/mol. The van der Waals surface area contributed by atoms with Crippen LogP contribution in [0.15, 0.2) is 30.5 Å². The maximum absolute atomic E-state index is 13.6. The minimum Gasteiger partial charge on any atom is -0.508 e. The standard InChI is InChI=1S/C14H16FN3O2/c1-3-12(13-6-7-16-18(13)2)17-14(20)10-5-4-9(19)8-11(10)15/h4-8,12,19H,3H2,1-2H3,(H,17,20). The van der Waals surface area contributed by atoms with E-state index in [9.17, 15) is 9.18 Å². The number of phenolic OH excluding ortho intramolecular Hbond substituents is 1. The van der Waals surface area contributed by atoms with Crippen LogP contribution in [0.25, 0.3) is 0 Å². The molecule has 1 atom stereocenters. The Morgan fingerprint density at radius 3 is 2.80 bits per heavy atom. The van der Waals surface area contributed by atoms with Gasteiger partial charge in [-0.05, 0) is 24.6 Å². The van der Waals surface area contributed by atoms with E-state index in [1.807, 2.05) is 13.0 Å². The van der Waals surface area contributed by atoms with Gasteiger partial charge in [0.2, 0.25) is 0 Å². The van der Waals surface area contributed by atoms with Crippen molar-refractivity contribution in [3.05, 3.63) is 47.5 Å². The van der Waals surface area contributed by atoms with Gasteiger partial charge in [-0.1, -0.05) is 6.92 Å². The number of nitrogens with zero attached hydrogens (tertiary/aromatic N) is 2. The largest absolute Gasteiger partial charge is 0.508 e. The lowest BCUT2D eigenvalue weighted by molar-refractivity contribution is 0.0930. The number of rotatable bonds is 4. The molecule has 2 N–H and O–H groups in total. The quantitative estimate of drug-likeness (QED) is 0.899. The number of aryl methyl sites for hydroxylation is 1. The third-order valence-electron chi connectivity index (χ3n) is 3.13. The summed E-state index contributed by atoms with van der Waals surface area (Å²) in [7, 11) is 1.78. The van der Waals surface area contributed by atoms with Gasteiger partial charge in [-0.2, -0.15) is 5.10 Å². The zero-order valence-corrected chi connectivity index (χ0v) is 11.3. The molecule has 1 aromatic heterocycles. The third-order valence-corrected chi connectivity index (χ3v) is 3.13. The number of phenols is 1. The number of carbonyl (C=O) groups excluding carboxylic acids is 1. The number of hydrogen-bond acceptors (Lipinski definition) is 3. The highest BCUT2D eigenvalue weighted by Crippen LogP contribution is 2.19. The molecule has 2 aromatic rings. The minimum absolute atomic E-state index is 0.0941. The lowest BCUT2D eigenvalue weighted by atomic mass is 10.1. The van der Waals surface area contributed by atoms with E-state index < -0.39 is 11.7 Å². The number of hydrogen-bond donors (Lipinski definition) is 2. The van der Waals surface area contributed by atoms with Gasteiger partial charge in [0, 0.05) is 19.3 Å². The molecule has 1 heterocycles. The Kier molecular flexibility index (Phi) is 4.02. The lowest BCUT2D eigenvalue weighted by Gasteiger charge is -2.17. The minimum atomic E-state index is -0.748. The van der Waals surface area contributed by atoms with Crippen LogP contribution in [-0.2, 0) is 7.05 Å². The average Bonchev–Trinajstić information content (AvgIpc) is 2.82. The molecule has 0 spiro atoms. The van der Waals surface area contributed by atoms with Crippen LogP contribution in [0, 0.1) is 5.82 Å². The van der Waals surface area contributed by atoms with Crippen molar-refractivity contribution in [1.82, 2.24) is 15.1 Å². The molecule has 0 aliphatic carbocycles. The summed E-state index contributed by atoms with van der Waals surface area (Å²) in [5.74, 6) is -1.48. The summed E-state index contributed by atoms with van der Waals surface area (Å²) in [6.45, 7) is 1.92. The third kappa shape index (κ3) is 2.79. The van der Waals surface area contributed by atoms with Crippen molar-refractivity contribution in [2.24, 2.45) is 7.05 Å². The van der Waals surface area contributed by atoms with E-state index in [1.165, 1.54) is 12.1 Å². The van der Waals surface area contributed by atoms with Crippen LogP contribution in [0.1, 0.15) is 35.4 Å². The summed E-state index contributed by atoms with van der Waals surface area (Å²) in [4.78, 5) is 12.1. The van der Waals surface area contributed by atoms with Crippen molar-refractivity contribution in [1.29, 1.82) is 0 Å². The van der Waals surface area contributed by atoms with Crippen LogP contribution >= 0.6 is 0 Å². The SMILES string of the molecule is CCC(NC(=O)c1ccc(O)cc1F)c1ccnn1C. The van der Waals surface area contributed by atoms with Crippen molar-refractivity contribution < 1.29 is 14.3 Å². The Hall–Kier alpha value is -2.37. The number of benzene rings is 1. The lowest BCUT2D eigenvalue weighted by Crippen LogP contribution is -2.30. The molecule has 106 valence electrons. The zero-order valence-electron chi connectivity index (χ0n) is 11.3. The summed E-state index contributed by atoms with van der Waals surface area (Å²) in [5.41, 5.74) is 0.753. The van der Waals surface area contributed by atoms with E-state index in [2.05, 4.69) is 10.4 Å². The smallest absolute Gasteiger partial charge is 0.254 e. The molecule has 0 bridgehead atoms. The van der Waals surface area contributed by atoms with E-state index in [0.717, 1.165) is 11.8 Å². The Morgan fingerprint density at radius 1 is 1.50 bits per heavy atom. The summed E-state index contributed by atoms with van der Waals surface area (Å²) < 4.78 is 15.3. The van der Waals surface area contributed by atoms with Crippen LogP contribution in [0.4, 0.5) is 4.39 Å². The molecule has 0 radical (unpaired) electrons. The highest BCUT2D eigenvalue weighted by atomic mass is 19.1. The number of aromatic nitrogens is 2. The van der Waals surface area contributed by atoms with Crippen LogP contribution < -0.4 is 5.32 Å². The highest BCUT2D eigenvalue weighted by molar-refractivity contribution is 5.94. The summed E-state index contributed by atoms with van der Waals surface area (Å²) in [6, 6.07) is 5.02. The zero-order chi connectivity index (χ0) is 14.7. The van der Waals surface area contributed by atoms with Crippen LogP contribution in [0.2, 0.25) is 0 Å². The highest BCUT2D eigenvalue weighted by Gasteiger charge is 2.19. The second-order valence-corrected chi connectivity index (χ2v) is 4.48. The first-order valence-electron chi connectivity index (χ1n) is 6.30. The molecule has 1 aromatic carbocycles. The first kappa shape index (κ1) is 14.0. The predicted molar refractivity (Wildman–Crippen MR) is 71.8 cm³/mol. The maximum atomic E-state index is 13.6. The van der Waals surface area contributed by atoms with Gasteiger partial charge in [-0.3, -0.25) is 9.48 Å². The average molecular weight is 277 g/mol. The van der Waals surface area contributed by atoms with E-state index in [0.29, 0.717) is 6.42 Å². The van der Waals surface area contributed by atoms with E-state index in [4.69, 9.17) is 5.11 Å². The second-order valence-electron chi connectivity index (χ2n) is 4.48. The molecule has 6 heteroatoms. The fourth-order valence-corrected chi connectivity index (χ4v) is 2.04. The fourth-order valence-electron chi connectivity index (χ4n) is 2.04. The number of carbonyl (C=O) groups is 1. The molecule has 20 heavy (non-hydrogen) atoms. The molecule has 0 saturated carbocycles. The Balaban J connectivity index is 2.19. The predicted octanol–water partition coefficient (Wildman–Crippen LogP) is 2.15. The summed E-state index contributed by atoms with van der Waals surface area (Å²) in [5, 5.41) is 16.0. The Morgan fingerprint density at radius 2 is 2.25 bits per heavy atom. The van der Waals surface area contributed by atoms with Crippen LogP contribution in [-0.4, -0.2) is 20.8 Å². The molecule has 0 aliphatic heterocycles. The molecule has 5 nitrogen and oxygen atoms in total. The van der Waals surface area contributed by atoms with Crippen molar-refractivity contribution in [3.8, 4) is 5.75 Å². The van der Waals surface area contributed by atoms with Crippen molar-refractivity contribution in [2.45, 2.75) is 19.4 Å². The molecule has 2 rings (SSSR count). The number of aromatic hydroxyl groups is 1. The van der Waals surface area contributed by atoms with Crippen molar-refractivity contribution in [3.63, 3.8) is 0 Å². The topological polar surface area (TPSA) is 67.2 Å². The van der Waals surface area contributed by atoms with Gasteiger partial charge in [0.15, 0.2) is 0 Å². The van der Waals surface area contributed by atoms with E-state index in [-0.39, 0.29) is 17.4 Å². The second kappa shape index (κ2) is 5.73. The number of amides is 1. The Bertz CT molecular complexity index is 625. The molecular formula is C14H16FN3O2. The van der Waals surface area contributed by atoms with Gasteiger partial charge in [-0.15, -0.1) is 0 Å².